The third-order valence-corrected chi connectivity index (χ3v) is 8.24. The quantitative estimate of drug-likeness (QED) is 0.118. The first kappa shape index (κ1) is 26.5. The molecule has 1 aliphatic rings. The maximum Gasteiger partial charge on any atom is 0.269 e. The number of non-ortho nitro benzene ring substituents is 1. The number of hydrogen-bond donors (Lipinski definition) is 1. The summed E-state index contributed by atoms with van der Waals surface area (Å²) in [7, 11) is 1.66. The molecule has 204 valence electrons. The lowest BCUT2D eigenvalue weighted by Crippen LogP contribution is -2.30. The predicted molar refractivity (Wildman–Crippen MR) is 164 cm³/mol. The number of hydrogen-bond acceptors (Lipinski definition) is 6. The summed E-state index contributed by atoms with van der Waals surface area (Å²) in [5.41, 5.74) is 3.94. The van der Waals surface area contributed by atoms with Crippen LogP contribution < -0.4 is 15.0 Å². The number of nitro benzene ring substituents is 1. The van der Waals surface area contributed by atoms with Gasteiger partial charge in [0.05, 0.1) is 23.8 Å². The first-order chi connectivity index (χ1) is 20.0. The van der Waals surface area contributed by atoms with E-state index < -0.39 is 4.92 Å². The average Bonchev–Trinajstić information content (AvgIpc) is 3.63. The van der Waals surface area contributed by atoms with E-state index in [9.17, 15) is 10.1 Å². The molecule has 2 aromatic heterocycles. The summed E-state index contributed by atoms with van der Waals surface area (Å²) < 4.78 is 7.64. The molecule has 0 bridgehead atoms. The summed E-state index contributed by atoms with van der Waals surface area (Å²) in [4.78, 5) is 19.3. The molecule has 1 fully saturated rings. The monoisotopic (exact) mass is 579 g/mol. The van der Waals surface area contributed by atoms with Gasteiger partial charge in [0.1, 0.15) is 11.8 Å². The first-order valence-electron chi connectivity index (χ1n) is 12.9. The number of aromatic nitrogens is 2. The maximum absolute atomic E-state index is 11.0. The van der Waals surface area contributed by atoms with Crippen molar-refractivity contribution >= 4 is 40.5 Å². The normalized spacial score (nSPS) is 16.4. The van der Waals surface area contributed by atoms with Gasteiger partial charge < -0.3 is 19.5 Å². The van der Waals surface area contributed by atoms with Crippen LogP contribution in [0.15, 0.2) is 125 Å². The Bertz CT molecular complexity index is 1690. The molecule has 0 radical (unpaired) electrons. The minimum Gasteiger partial charge on any atom is -0.497 e. The van der Waals surface area contributed by atoms with E-state index in [1.54, 1.807) is 37.2 Å². The number of anilines is 1. The zero-order chi connectivity index (χ0) is 28.3. The van der Waals surface area contributed by atoms with Crippen LogP contribution in [0.5, 0.6) is 5.75 Å². The van der Waals surface area contributed by atoms with Gasteiger partial charge in [-0.2, -0.15) is 0 Å². The fourth-order valence-corrected chi connectivity index (χ4v) is 6.17. The smallest absolute Gasteiger partial charge is 0.269 e. The van der Waals surface area contributed by atoms with Crippen LogP contribution in [0.4, 0.5) is 11.4 Å². The van der Waals surface area contributed by atoms with Crippen molar-refractivity contribution in [3.63, 3.8) is 0 Å². The van der Waals surface area contributed by atoms with E-state index in [1.165, 1.54) is 12.1 Å². The molecule has 0 unspecified atom stereocenters. The lowest BCUT2D eigenvalue weighted by Gasteiger charge is -2.29. The highest BCUT2D eigenvalue weighted by Gasteiger charge is 2.42. The third kappa shape index (κ3) is 5.39. The maximum atomic E-state index is 11.0. The number of nitro groups is 1. The molecule has 3 aromatic carbocycles. The number of methoxy groups -OCH3 is 1. The number of ether oxygens (including phenoxy) is 1. The molecule has 8 nitrogen and oxygen atoms in total. The van der Waals surface area contributed by atoms with Gasteiger partial charge in [-0.15, -0.1) is 0 Å². The van der Waals surface area contributed by atoms with E-state index in [4.69, 9.17) is 17.0 Å². The van der Waals surface area contributed by atoms with Crippen LogP contribution in [-0.2, 0) is 0 Å². The van der Waals surface area contributed by atoms with Gasteiger partial charge in [0.15, 0.2) is 5.11 Å². The molecule has 3 heterocycles. The Hall–Kier alpha value is -4.67. The standard InChI is InChI=1S/C31H25N5O3S2/c1-39-24-7-4-6-23(20-24)34-19-5-9-28(34)30-29(27-8-2-3-18-32-27)33-31(40)35(30)21-10-14-25(15-11-21)41-26-16-12-22(13-17-26)36(37)38/h2-20,29-30H,1H3,(H,33,40)/t29-,30-/m1/s1. The zero-order valence-corrected chi connectivity index (χ0v) is 23.6. The first-order valence-corrected chi connectivity index (χ1v) is 14.1. The van der Waals surface area contributed by atoms with Crippen molar-refractivity contribution in [3.8, 4) is 11.4 Å². The molecule has 0 aliphatic carbocycles. The Morgan fingerprint density at radius 2 is 1.68 bits per heavy atom. The summed E-state index contributed by atoms with van der Waals surface area (Å²) in [6, 6.07) is 32.4. The summed E-state index contributed by atoms with van der Waals surface area (Å²) in [5.74, 6) is 0.779. The Balaban J connectivity index is 1.36. The zero-order valence-electron chi connectivity index (χ0n) is 22.0. The van der Waals surface area contributed by atoms with Crippen LogP contribution >= 0.6 is 24.0 Å². The highest BCUT2D eigenvalue weighted by atomic mass is 32.2. The van der Waals surface area contributed by atoms with E-state index >= 15 is 0 Å². The van der Waals surface area contributed by atoms with Gasteiger partial charge in [0, 0.05) is 57.5 Å². The number of thiocarbonyl (C=S) groups is 1. The van der Waals surface area contributed by atoms with Gasteiger partial charge in [-0.3, -0.25) is 15.1 Å². The van der Waals surface area contributed by atoms with E-state index in [0.717, 1.165) is 38.3 Å². The SMILES string of the molecule is COc1cccc(-n2cccc2[C@@H]2[C@@H](c3ccccn3)NC(=S)N2c2ccc(Sc3ccc([N+](=O)[O-])cc3)cc2)c1. The Morgan fingerprint density at radius 3 is 2.37 bits per heavy atom. The Morgan fingerprint density at radius 1 is 0.927 bits per heavy atom. The van der Waals surface area contributed by atoms with E-state index in [0.29, 0.717) is 5.11 Å². The third-order valence-electron chi connectivity index (χ3n) is 6.91. The van der Waals surface area contributed by atoms with Crippen LogP contribution in [0.25, 0.3) is 5.69 Å². The van der Waals surface area contributed by atoms with Gasteiger partial charge in [-0.1, -0.05) is 23.9 Å². The van der Waals surface area contributed by atoms with Crippen molar-refractivity contribution in [3.05, 3.63) is 137 Å². The van der Waals surface area contributed by atoms with Crippen LogP contribution in [0.3, 0.4) is 0 Å². The molecule has 10 heteroatoms. The van der Waals surface area contributed by atoms with E-state index in [1.807, 2.05) is 72.9 Å². The molecule has 0 amide bonds. The van der Waals surface area contributed by atoms with Crippen LogP contribution in [0.2, 0.25) is 0 Å². The largest absolute Gasteiger partial charge is 0.497 e. The van der Waals surface area contributed by atoms with Crippen molar-refractivity contribution in [1.82, 2.24) is 14.9 Å². The minimum atomic E-state index is -0.393. The molecule has 1 N–H and O–H groups in total. The second-order valence-electron chi connectivity index (χ2n) is 9.35. The highest BCUT2D eigenvalue weighted by molar-refractivity contribution is 7.99. The van der Waals surface area contributed by atoms with Gasteiger partial charge in [-0.25, -0.2) is 0 Å². The van der Waals surface area contributed by atoms with Crippen molar-refractivity contribution in [2.75, 3.05) is 12.0 Å². The summed E-state index contributed by atoms with van der Waals surface area (Å²) in [5, 5.41) is 15.1. The molecule has 1 aliphatic heterocycles. The van der Waals surface area contributed by atoms with Gasteiger partial charge in [0.2, 0.25) is 0 Å². The number of rotatable bonds is 8. The second kappa shape index (κ2) is 11.4. The van der Waals surface area contributed by atoms with E-state index in [-0.39, 0.29) is 17.8 Å². The molecule has 6 rings (SSSR count). The minimum absolute atomic E-state index is 0.0759. The molecule has 0 spiro atoms. The van der Waals surface area contributed by atoms with E-state index in [2.05, 4.69) is 31.9 Å². The number of nitrogens with zero attached hydrogens (tertiary/aromatic N) is 4. The van der Waals surface area contributed by atoms with Gasteiger partial charge in [0.25, 0.3) is 5.69 Å². The summed E-state index contributed by atoms with van der Waals surface area (Å²) in [6.07, 6.45) is 3.84. The molecule has 0 saturated carbocycles. The summed E-state index contributed by atoms with van der Waals surface area (Å²) in [6.45, 7) is 0. The lowest BCUT2D eigenvalue weighted by atomic mass is 10.0. The van der Waals surface area contributed by atoms with Crippen molar-refractivity contribution < 1.29 is 9.66 Å². The molecule has 2 atom stereocenters. The van der Waals surface area contributed by atoms with Crippen molar-refractivity contribution in [2.45, 2.75) is 21.9 Å². The fourth-order valence-electron chi connectivity index (χ4n) is 5.01. The Labute approximate surface area is 246 Å². The molecular formula is C31H25N5O3S2. The fraction of sp³-hybridized carbons (Fsp3) is 0.0968. The molecule has 41 heavy (non-hydrogen) atoms. The molecular weight excluding hydrogens is 555 g/mol. The number of nitrogens with one attached hydrogen (secondary N) is 1. The lowest BCUT2D eigenvalue weighted by molar-refractivity contribution is -0.384. The van der Waals surface area contributed by atoms with Crippen molar-refractivity contribution in [1.29, 1.82) is 0 Å². The van der Waals surface area contributed by atoms with Crippen LogP contribution in [0, 0.1) is 10.1 Å². The van der Waals surface area contributed by atoms with Gasteiger partial charge in [-0.05, 0) is 85.0 Å². The van der Waals surface area contributed by atoms with Crippen molar-refractivity contribution in [2.24, 2.45) is 0 Å². The second-order valence-corrected chi connectivity index (χ2v) is 10.9. The number of pyridine rings is 1. The Kier molecular flexibility index (Phi) is 7.41. The highest BCUT2D eigenvalue weighted by Crippen LogP contribution is 2.43. The van der Waals surface area contributed by atoms with Gasteiger partial charge >= 0.3 is 0 Å². The topological polar surface area (TPSA) is 85.5 Å². The number of benzene rings is 3. The van der Waals surface area contributed by atoms with Crippen LogP contribution in [0.1, 0.15) is 23.5 Å². The molecule has 1 saturated heterocycles. The van der Waals surface area contributed by atoms with Crippen LogP contribution in [-0.4, -0.2) is 26.7 Å². The predicted octanol–water partition coefficient (Wildman–Crippen LogP) is 7.12. The summed E-state index contributed by atoms with van der Waals surface area (Å²) >= 11 is 7.46. The molecule has 5 aromatic rings. The average molecular weight is 580 g/mol.